The lowest BCUT2D eigenvalue weighted by Crippen LogP contribution is -2.30. The fourth-order valence-electron chi connectivity index (χ4n) is 2.88. The van der Waals surface area contributed by atoms with Crippen LogP contribution in [0.15, 0.2) is 43.0 Å². The van der Waals surface area contributed by atoms with Gasteiger partial charge >= 0.3 is 5.97 Å². The van der Waals surface area contributed by atoms with E-state index in [-0.39, 0.29) is 12.1 Å². The Morgan fingerprint density at radius 3 is 2.52 bits per heavy atom. The average Bonchev–Trinajstić information content (AvgIpc) is 2.46. The summed E-state index contributed by atoms with van der Waals surface area (Å²) in [5.74, 6) is 0.450. The second-order valence-electron chi connectivity index (χ2n) is 5.71. The maximum atomic E-state index is 11.3. The van der Waals surface area contributed by atoms with Gasteiger partial charge in [-0.1, -0.05) is 56.2 Å². The molecule has 1 rings (SSSR count). The van der Waals surface area contributed by atoms with Gasteiger partial charge in [-0.05, 0) is 31.2 Å². The number of benzene rings is 1. The molecule has 0 saturated carbocycles. The van der Waals surface area contributed by atoms with Gasteiger partial charge < -0.3 is 4.74 Å². The lowest BCUT2D eigenvalue weighted by molar-refractivity contribution is -0.148. The summed E-state index contributed by atoms with van der Waals surface area (Å²) in [4.78, 5) is 11.3. The molecule has 0 spiro atoms. The van der Waals surface area contributed by atoms with Crippen molar-refractivity contribution in [1.82, 2.24) is 0 Å². The normalized spacial score (nSPS) is 15.0. The predicted octanol–water partition coefficient (Wildman–Crippen LogP) is 4.79. The van der Waals surface area contributed by atoms with E-state index in [9.17, 15) is 4.79 Å². The predicted molar refractivity (Wildman–Crippen MR) is 88.1 cm³/mol. The van der Waals surface area contributed by atoms with Crippen LogP contribution in [-0.4, -0.2) is 12.1 Å². The number of carbonyl (C=O) groups excluding carboxylic acids is 1. The van der Waals surface area contributed by atoms with Crippen LogP contribution in [0, 0.1) is 11.8 Å². The summed E-state index contributed by atoms with van der Waals surface area (Å²) in [6.07, 6.45) is 6.26. The monoisotopic (exact) mass is 288 g/mol. The summed E-state index contributed by atoms with van der Waals surface area (Å²) in [6.45, 7) is 9.68. The van der Waals surface area contributed by atoms with Gasteiger partial charge in [0.05, 0.1) is 0 Å². The van der Waals surface area contributed by atoms with Gasteiger partial charge in [0.25, 0.3) is 0 Å². The zero-order valence-corrected chi connectivity index (χ0v) is 13.5. The third-order valence-corrected chi connectivity index (χ3v) is 4.01. The van der Waals surface area contributed by atoms with Crippen molar-refractivity contribution in [1.29, 1.82) is 0 Å². The summed E-state index contributed by atoms with van der Waals surface area (Å²) >= 11 is 0. The van der Waals surface area contributed by atoms with Crippen molar-refractivity contribution in [3.8, 4) is 0 Å². The first kappa shape index (κ1) is 17.5. The topological polar surface area (TPSA) is 26.3 Å². The Morgan fingerprint density at radius 1 is 1.33 bits per heavy atom. The first-order valence-electron chi connectivity index (χ1n) is 7.92. The molecule has 0 fully saturated rings. The van der Waals surface area contributed by atoms with Crippen LogP contribution in [0.2, 0.25) is 0 Å². The fraction of sp³-hybridized carbons (Fsp3) is 0.526. The molecule has 0 aliphatic carbocycles. The lowest BCUT2D eigenvalue weighted by Gasteiger charge is -2.30. The van der Waals surface area contributed by atoms with Gasteiger partial charge in [-0.2, -0.15) is 0 Å². The molecule has 0 saturated heterocycles. The number of esters is 1. The highest BCUT2D eigenvalue weighted by Gasteiger charge is 2.26. The van der Waals surface area contributed by atoms with E-state index in [1.165, 1.54) is 12.5 Å². The summed E-state index contributed by atoms with van der Waals surface area (Å²) in [6, 6.07) is 10.4. The van der Waals surface area contributed by atoms with E-state index < -0.39 is 0 Å². The Morgan fingerprint density at radius 2 is 2.00 bits per heavy atom. The van der Waals surface area contributed by atoms with Gasteiger partial charge in [0.15, 0.2) is 0 Å². The molecule has 0 amide bonds. The van der Waals surface area contributed by atoms with Crippen molar-refractivity contribution in [3.63, 3.8) is 0 Å². The van der Waals surface area contributed by atoms with Crippen LogP contribution in [0.4, 0.5) is 0 Å². The number of ether oxygens (including phenoxy) is 1. The van der Waals surface area contributed by atoms with Crippen molar-refractivity contribution in [2.75, 3.05) is 0 Å². The molecular weight excluding hydrogens is 260 g/mol. The van der Waals surface area contributed by atoms with Crippen molar-refractivity contribution in [2.45, 2.75) is 52.6 Å². The summed E-state index contributed by atoms with van der Waals surface area (Å²) in [5, 5.41) is 0. The smallest absolute Gasteiger partial charge is 0.302 e. The highest BCUT2D eigenvalue weighted by molar-refractivity contribution is 5.66. The van der Waals surface area contributed by atoms with Gasteiger partial charge in [0.1, 0.15) is 6.10 Å². The first-order chi connectivity index (χ1) is 10.1. The fourth-order valence-corrected chi connectivity index (χ4v) is 2.88. The number of allylic oxidation sites excluding steroid dienone is 1. The molecular formula is C19H28O2. The summed E-state index contributed by atoms with van der Waals surface area (Å²) in [7, 11) is 0. The second kappa shape index (κ2) is 9.38. The second-order valence-corrected chi connectivity index (χ2v) is 5.71. The van der Waals surface area contributed by atoms with Gasteiger partial charge in [0, 0.05) is 12.8 Å². The highest BCUT2D eigenvalue weighted by Crippen LogP contribution is 2.28. The van der Waals surface area contributed by atoms with Gasteiger partial charge in [0.2, 0.25) is 0 Å². The largest absolute Gasteiger partial charge is 0.463 e. The molecule has 0 unspecified atom stereocenters. The van der Waals surface area contributed by atoms with Crippen LogP contribution in [-0.2, 0) is 16.0 Å². The molecule has 2 nitrogen and oxygen atoms in total. The molecule has 0 heterocycles. The van der Waals surface area contributed by atoms with E-state index in [1.807, 2.05) is 19.1 Å². The van der Waals surface area contributed by atoms with E-state index in [0.717, 1.165) is 25.7 Å². The van der Waals surface area contributed by atoms with Crippen LogP contribution in [0.3, 0.4) is 0 Å². The standard InChI is InChI=1S/C19H28O2/c1-5-7-13-19(15(3)21-16(4)20)18(6-2)14-17-11-9-8-10-12-17/h6,8-12,15,18-19H,2,5,7,13-14H2,1,3-4H3/t15-,18+,19-/m0/s1. The Balaban J connectivity index is 2.81. The average molecular weight is 288 g/mol. The highest BCUT2D eigenvalue weighted by atomic mass is 16.5. The number of rotatable bonds is 9. The van der Waals surface area contributed by atoms with Crippen molar-refractivity contribution in [3.05, 3.63) is 48.6 Å². The Bertz CT molecular complexity index is 424. The van der Waals surface area contributed by atoms with Crippen LogP contribution >= 0.6 is 0 Å². The quantitative estimate of drug-likeness (QED) is 0.482. The number of carbonyl (C=O) groups is 1. The van der Waals surface area contributed by atoms with Crippen LogP contribution in [0.25, 0.3) is 0 Å². The van der Waals surface area contributed by atoms with Crippen LogP contribution < -0.4 is 0 Å². The first-order valence-corrected chi connectivity index (χ1v) is 7.92. The number of unbranched alkanes of at least 4 members (excludes halogenated alkanes) is 1. The molecule has 0 aliphatic rings. The minimum absolute atomic E-state index is 0.0687. The lowest BCUT2D eigenvalue weighted by atomic mass is 9.80. The van der Waals surface area contributed by atoms with E-state index in [2.05, 4.69) is 37.8 Å². The zero-order valence-electron chi connectivity index (χ0n) is 13.5. The Labute approximate surface area is 129 Å². The molecule has 0 aromatic heterocycles. The number of hydrogen-bond acceptors (Lipinski definition) is 2. The minimum atomic E-state index is -0.202. The third kappa shape index (κ3) is 6.16. The van der Waals surface area contributed by atoms with Gasteiger partial charge in [-0.25, -0.2) is 0 Å². The van der Waals surface area contributed by atoms with E-state index in [1.54, 1.807) is 0 Å². The van der Waals surface area contributed by atoms with Crippen molar-refractivity contribution >= 4 is 5.97 Å². The third-order valence-electron chi connectivity index (χ3n) is 4.01. The summed E-state index contributed by atoms with van der Waals surface area (Å²) < 4.78 is 5.44. The molecule has 21 heavy (non-hydrogen) atoms. The molecule has 1 aromatic carbocycles. The van der Waals surface area contributed by atoms with Crippen molar-refractivity contribution in [2.24, 2.45) is 11.8 Å². The minimum Gasteiger partial charge on any atom is -0.463 e. The van der Waals surface area contributed by atoms with Gasteiger partial charge in [-0.3, -0.25) is 4.79 Å². The molecule has 0 N–H and O–H groups in total. The maximum Gasteiger partial charge on any atom is 0.302 e. The number of hydrogen-bond donors (Lipinski definition) is 0. The van der Waals surface area contributed by atoms with Crippen LogP contribution in [0.5, 0.6) is 0 Å². The molecule has 0 radical (unpaired) electrons. The van der Waals surface area contributed by atoms with E-state index in [0.29, 0.717) is 11.8 Å². The summed E-state index contributed by atoms with van der Waals surface area (Å²) in [5.41, 5.74) is 1.30. The molecule has 116 valence electrons. The van der Waals surface area contributed by atoms with Gasteiger partial charge in [-0.15, -0.1) is 6.58 Å². The Hall–Kier alpha value is -1.57. The maximum absolute atomic E-state index is 11.3. The Kier molecular flexibility index (Phi) is 7.81. The molecule has 2 heteroatoms. The molecule has 0 aliphatic heterocycles. The van der Waals surface area contributed by atoms with Crippen molar-refractivity contribution < 1.29 is 9.53 Å². The van der Waals surface area contributed by atoms with E-state index in [4.69, 9.17) is 4.74 Å². The SMILES string of the molecule is C=C[C@H](Cc1ccccc1)[C@@H](CCCC)[C@H](C)OC(C)=O. The molecule has 1 aromatic rings. The van der Waals surface area contributed by atoms with E-state index >= 15 is 0 Å². The van der Waals surface area contributed by atoms with Crippen LogP contribution in [0.1, 0.15) is 45.6 Å². The zero-order chi connectivity index (χ0) is 15.7. The molecule has 0 bridgehead atoms. The molecule has 3 atom stereocenters.